The lowest BCUT2D eigenvalue weighted by atomic mass is 10.2. The molecule has 0 aromatic heterocycles. The molecule has 0 unspecified atom stereocenters. The lowest BCUT2D eigenvalue weighted by Crippen LogP contribution is -1.89. The first-order valence-electron chi connectivity index (χ1n) is 4.05. The van der Waals surface area contributed by atoms with Crippen molar-refractivity contribution >= 4 is 30.1 Å². The van der Waals surface area contributed by atoms with E-state index in [4.69, 9.17) is 11.6 Å². The number of thiol groups is 1. The normalized spacial score (nSPS) is 21.8. The molecule has 0 saturated carbocycles. The molecule has 1 nitrogen and oxygen atoms in total. The maximum Gasteiger partial charge on any atom is 0.0501 e. The highest BCUT2D eigenvalue weighted by atomic mass is 35.5. The first-order valence-corrected chi connectivity index (χ1v) is 4.83. The van der Waals surface area contributed by atoms with Crippen LogP contribution in [0.2, 0.25) is 0 Å². The van der Waals surface area contributed by atoms with E-state index in [1.54, 1.807) is 0 Å². The molecule has 66 valence electrons. The number of hydrogen-bond acceptors (Lipinski definition) is 2. The molecule has 0 heterocycles. The fourth-order valence-corrected chi connectivity index (χ4v) is 1.69. The predicted molar refractivity (Wildman–Crippen MR) is 58.0 cm³/mol. The van der Waals surface area contributed by atoms with Crippen LogP contribution in [0.25, 0.3) is 0 Å². The molecule has 0 saturated heterocycles. The Bertz CT molecular complexity index is 253. The van der Waals surface area contributed by atoms with Crippen LogP contribution in [0, 0.1) is 0 Å². The van der Waals surface area contributed by atoms with Gasteiger partial charge in [-0.05, 0) is 43.7 Å². The van der Waals surface area contributed by atoms with Crippen molar-refractivity contribution in [1.29, 1.82) is 0 Å². The third kappa shape index (κ3) is 2.39. The minimum atomic E-state index is 0.808. The second kappa shape index (κ2) is 4.73. The highest BCUT2D eigenvalue weighted by molar-refractivity contribution is 7.79. The van der Waals surface area contributed by atoms with E-state index in [1.807, 2.05) is 6.08 Å². The molecule has 0 amide bonds. The van der Waals surface area contributed by atoms with Crippen molar-refractivity contribution < 1.29 is 0 Å². The minimum absolute atomic E-state index is 0.808. The predicted octanol–water partition coefficient (Wildman–Crippen LogP) is 3.53. The van der Waals surface area contributed by atoms with Crippen molar-refractivity contribution in [1.82, 2.24) is 0 Å². The highest BCUT2D eigenvalue weighted by Gasteiger charge is 2.06. The van der Waals surface area contributed by atoms with E-state index in [2.05, 4.69) is 30.2 Å². The zero-order valence-corrected chi connectivity index (χ0v) is 8.70. The monoisotopic (exact) mass is 201 g/mol. The van der Waals surface area contributed by atoms with Gasteiger partial charge in [0.05, 0.1) is 5.71 Å². The Labute approximate surface area is 83.8 Å². The van der Waals surface area contributed by atoms with Crippen LogP contribution in [0.5, 0.6) is 0 Å². The Morgan fingerprint density at radius 3 is 3.00 bits per heavy atom. The summed E-state index contributed by atoms with van der Waals surface area (Å²) < 4.78 is 3.84. The van der Waals surface area contributed by atoms with Crippen LogP contribution >= 0.6 is 24.4 Å². The largest absolute Gasteiger partial charge is 0.224 e. The summed E-state index contributed by atoms with van der Waals surface area (Å²) in [5.74, 6) is 0. The topological polar surface area (TPSA) is 12.4 Å². The van der Waals surface area contributed by atoms with Crippen molar-refractivity contribution in [2.75, 3.05) is 0 Å². The van der Waals surface area contributed by atoms with Gasteiger partial charge in [-0.3, -0.25) is 0 Å². The van der Waals surface area contributed by atoms with Crippen LogP contribution in [0.3, 0.4) is 0 Å². The van der Waals surface area contributed by atoms with Gasteiger partial charge in [0, 0.05) is 5.03 Å². The summed E-state index contributed by atoms with van der Waals surface area (Å²) in [6.45, 7) is 2.10. The zero-order chi connectivity index (χ0) is 8.97. The van der Waals surface area contributed by atoms with E-state index in [0.717, 1.165) is 30.0 Å². The van der Waals surface area contributed by atoms with Crippen LogP contribution in [0.4, 0.5) is 0 Å². The lowest BCUT2D eigenvalue weighted by molar-refractivity contribution is 1.06. The van der Waals surface area contributed by atoms with Crippen molar-refractivity contribution in [2.24, 2.45) is 4.40 Å². The molecule has 12 heavy (non-hydrogen) atoms. The summed E-state index contributed by atoms with van der Waals surface area (Å²) in [7, 11) is 0. The van der Waals surface area contributed by atoms with E-state index >= 15 is 0 Å². The molecule has 0 N–H and O–H groups in total. The van der Waals surface area contributed by atoms with E-state index < -0.39 is 0 Å². The Balaban J connectivity index is 2.88. The molecular formula is C9H12ClNS. The van der Waals surface area contributed by atoms with E-state index in [0.29, 0.717) is 0 Å². The number of hydrogen-bond donors (Lipinski definition) is 1. The van der Waals surface area contributed by atoms with Gasteiger partial charge in [0.1, 0.15) is 0 Å². The molecule has 0 fully saturated rings. The summed E-state index contributed by atoms with van der Waals surface area (Å²) in [4.78, 5) is 0. The number of halogens is 1. The number of allylic oxidation sites excluding steroid dienone is 4. The van der Waals surface area contributed by atoms with Crippen molar-refractivity contribution in [3.63, 3.8) is 0 Å². The second-order valence-electron chi connectivity index (χ2n) is 2.71. The molecule has 1 aliphatic rings. The van der Waals surface area contributed by atoms with E-state index in [9.17, 15) is 0 Å². The van der Waals surface area contributed by atoms with Crippen LogP contribution in [-0.4, -0.2) is 5.71 Å². The van der Waals surface area contributed by atoms with Crippen LogP contribution in [0.1, 0.15) is 26.2 Å². The van der Waals surface area contributed by atoms with Crippen molar-refractivity contribution in [2.45, 2.75) is 26.2 Å². The SMILES string of the molecule is CCC1=CCC/C(=N\S)C=C1Cl. The fraction of sp³-hybridized carbons (Fsp3) is 0.444. The fourth-order valence-electron chi connectivity index (χ4n) is 1.20. The second-order valence-corrected chi connectivity index (χ2v) is 3.31. The average Bonchev–Trinajstić information content (AvgIpc) is 2.26. The first-order chi connectivity index (χ1) is 5.77. The third-order valence-corrected chi connectivity index (χ3v) is 2.51. The molecular weight excluding hydrogens is 190 g/mol. The molecule has 0 aromatic rings. The van der Waals surface area contributed by atoms with Gasteiger partial charge in [-0.1, -0.05) is 24.6 Å². The van der Waals surface area contributed by atoms with Gasteiger partial charge in [-0.15, -0.1) is 0 Å². The molecule has 0 aliphatic heterocycles. The molecule has 0 bridgehead atoms. The maximum atomic E-state index is 6.04. The summed E-state index contributed by atoms with van der Waals surface area (Å²) in [5, 5.41) is 0.808. The molecule has 0 atom stereocenters. The van der Waals surface area contributed by atoms with E-state index in [-0.39, 0.29) is 0 Å². The van der Waals surface area contributed by atoms with Gasteiger partial charge in [0.15, 0.2) is 0 Å². The molecule has 1 rings (SSSR count). The number of nitrogens with zero attached hydrogens (tertiary/aromatic N) is 1. The minimum Gasteiger partial charge on any atom is -0.224 e. The smallest absolute Gasteiger partial charge is 0.0501 e. The maximum absolute atomic E-state index is 6.04. The Morgan fingerprint density at radius 1 is 1.67 bits per heavy atom. The van der Waals surface area contributed by atoms with Crippen LogP contribution < -0.4 is 0 Å². The zero-order valence-electron chi connectivity index (χ0n) is 7.05. The van der Waals surface area contributed by atoms with Crippen LogP contribution in [0.15, 0.2) is 27.2 Å². The van der Waals surface area contributed by atoms with Crippen molar-refractivity contribution in [3.8, 4) is 0 Å². The quantitative estimate of drug-likeness (QED) is 0.624. The first kappa shape index (κ1) is 9.87. The number of rotatable bonds is 1. The lowest BCUT2D eigenvalue weighted by Gasteiger charge is -1.98. The van der Waals surface area contributed by atoms with Crippen LogP contribution in [-0.2, 0) is 0 Å². The molecule has 3 heteroatoms. The molecule has 0 spiro atoms. The van der Waals surface area contributed by atoms with Gasteiger partial charge in [-0.25, -0.2) is 4.40 Å². The summed E-state index contributed by atoms with van der Waals surface area (Å²) in [6, 6.07) is 0. The summed E-state index contributed by atoms with van der Waals surface area (Å²) in [6.07, 6.45) is 7.00. The molecule has 0 aromatic carbocycles. The molecule has 0 radical (unpaired) electrons. The highest BCUT2D eigenvalue weighted by Crippen LogP contribution is 2.22. The summed E-state index contributed by atoms with van der Waals surface area (Å²) in [5.41, 5.74) is 2.17. The van der Waals surface area contributed by atoms with Crippen molar-refractivity contribution in [3.05, 3.63) is 22.8 Å². The summed E-state index contributed by atoms with van der Waals surface area (Å²) >= 11 is 9.91. The molecule has 1 aliphatic carbocycles. The third-order valence-electron chi connectivity index (χ3n) is 1.90. The van der Waals surface area contributed by atoms with Gasteiger partial charge < -0.3 is 0 Å². The van der Waals surface area contributed by atoms with E-state index in [1.165, 1.54) is 5.57 Å². The van der Waals surface area contributed by atoms with Gasteiger partial charge in [0.25, 0.3) is 0 Å². The van der Waals surface area contributed by atoms with Gasteiger partial charge in [-0.2, -0.15) is 0 Å². The average molecular weight is 202 g/mol. The van der Waals surface area contributed by atoms with Gasteiger partial charge in [0.2, 0.25) is 0 Å². The Morgan fingerprint density at radius 2 is 2.42 bits per heavy atom. The Kier molecular flexibility index (Phi) is 3.89. The van der Waals surface area contributed by atoms with Gasteiger partial charge >= 0.3 is 0 Å². The standard InChI is InChI=1S/C9H12ClNS/c1-2-7-4-3-5-8(11-12)6-9(7)10/h4,6,12H,2-3,5H2,1H3/b11-8+. The Hall–Kier alpha value is -0.210.